The number of rotatable bonds is 3. The van der Waals surface area contributed by atoms with E-state index in [0.717, 1.165) is 11.3 Å². The van der Waals surface area contributed by atoms with E-state index >= 15 is 0 Å². The Morgan fingerprint density at radius 3 is 2.68 bits per heavy atom. The Balaban J connectivity index is 1.84. The number of aryl methyl sites for hydroxylation is 1. The lowest BCUT2D eigenvalue weighted by Crippen LogP contribution is -2.14. The van der Waals surface area contributed by atoms with Gasteiger partial charge in [-0.2, -0.15) is 5.10 Å². The van der Waals surface area contributed by atoms with Gasteiger partial charge in [0.1, 0.15) is 5.82 Å². The first-order valence-corrected chi connectivity index (χ1v) is 7.02. The molecule has 0 aliphatic carbocycles. The average Bonchev–Trinajstić information content (AvgIpc) is 2.89. The zero-order valence-electron chi connectivity index (χ0n) is 11.8. The Morgan fingerprint density at radius 1 is 1.18 bits per heavy atom. The van der Waals surface area contributed by atoms with Crippen LogP contribution in [-0.2, 0) is 7.05 Å². The first kappa shape index (κ1) is 14.3. The van der Waals surface area contributed by atoms with Crippen LogP contribution < -0.4 is 5.32 Å². The first-order chi connectivity index (χ1) is 10.6. The second kappa shape index (κ2) is 5.99. The van der Waals surface area contributed by atoms with E-state index in [1.165, 1.54) is 0 Å². The van der Waals surface area contributed by atoms with E-state index in [2.05, 4.69) is 15.4 Å². The molecule has 5 nitrogen and oxygen atoms in total. The lowest BCUT2D eigenvalue weighted by molar-refractivity contribution is 0.102. The van der Waals surface area contributed by atoms with Crippen LogP contribution in [0.2, 0.25) is 5.02 Å². The summed E-state index contributed by atoms with van der Waals surface area (Å²) < 4.78 is 1.62. The number of pyridine rings is 1. The third kappa shape index (κ3) is 2.99. The summed E-state index contributed by atoms with van der Waals surface area (Å²) in [6, 6.07) is 12.3. The normalized spacial score (nSPS) is 10.5. The van der Waals surface area contributed by atoms with Crippen molar-refractivity contribution in [2.45, 2.75) is 0 Å². The second-order valence-electron chi connectivity index (χ2n) is 4.74. The summed E-state index contributed by atoms with van der Waals surface area (Å²) in [5.74, 6) is 0.378. The van der Waals surface area contributed by atoms with Crippen molar-refractivity contribution in [2.75, 3.05) is 5.32 Å². The van der Waals surface area contributed by atoms with Crippen LogP contribution in [-0.4, -0.2) is 20.7 Å². The van der Waals surface area contributed by atoms with Gasteiger partial charge in [-0.1, -0.05) is 17.7 Å². The standard InChI is InChI=1S/C16H13ClN4O/c1-21-15(10-14(20-21)11-5-7-18-8-6-11)19-16(22)12-3-2-4-13(17)9-12/h2-10H,1H3,(H,19,22). The van der Waals surface area contributed by atoms with Crippen LogP contribution in [0.5, 0.6) is 0 Å². The monoisotopic (exact) mass is 312 g/mol. The van der Waals surface area contributed by atoms with Gasteiger partial charge in [-0.15, -0.1) is 0 Å². The highest BCUT2D eigenvalue weighted by molar-refractivity contribution is 6.31. The summed E-state index contributed by atoms with van der Waals surface area (Å²) in [6.07, 6.45) is 3.41. The molecule has 3 aromatic rings. The smallest absolute Gasteiger partial charge is 0.256 e. The molecule has 0 bridgehead atoms. The number of carbonyl (C=O) groups excluding carboxylic acids is 1. The molecule has 0 spiro atoms. The molecule has 6 heteroatoms. The summed E-state index contributed by atoms with van der Waals surface area (Å²) in [4.78, 5) is 16.2. The molecule has 22 heavy (non-hydrogen) atoms. The maximum absolute atomic E-state index is 12.2. The number of halogens is 1. The average molecular weight is 313 g/mol. The maximum Gasteiger partial charge on any atom is 0.256 e. The van der Waals surface area contributed by atoms with Crippen molar-refractivity contribution in [1.29, 1.82) is 0 Å². The summed E-state index contributed by atoms with van der Waals surface area (Å²) in [5, 5.41) is 7.75. The fraction of sp³-hybridized carbons (Fsp3) is 0.0625. The van der Waals surface area contributed by atoms with Gasteiger partial charge in [-0.25, -0.2) is 0 Å². The van der Waals surface area contributed by atoms with Gasteiger partial charge in [0.2, 0.25) is 0 Å². The summed E-state index contributed by atoms with van der Waals surface area (Å²) in [7, 11) is 1.78. The van der Waals surface area contributed by atoms with Crippen molar-refractivity contribution in [3.05, 3.63) is 65.4 Å². The van der Waals surface area contributed by atoms with Gasteiger partial charge in [0.15, 0.2) is 0 Å². The predicted octanol–water partition coefficient (Wildman–Crippen LogP) is 3.39. The topological polar surface area (TPSA) is 59.8 Å². The number of amides is 1. The third-order valence-corrected chi connectivity index (χ3v) is 3.42. The van der Waals surface area contributed by atoms with E-state index in [1.54, 1.807) is 48.4 Å². The van der Waals surface area contributed by atoms with E-state index in [-0.39, 0.29) is 5.91 Å². The van der Waals surface area contributed by atoms with Gasteiger partial charge in [0.05, 0.1) is 5.69 Å². The summed E-state index contributed by atoms with van der Waals surface area (Å²) in [5.41, 5.74) is 2.21. The minimum atomic E-state index is -0.230. The Labute approximate surface area is 132 Å². The van der Waals surface area contributed by atoms with Crippen LogP contribution in [0.1, 0.15) is 10.4 Å². The molecule has 110 valence electrons. The van der Waals surface area contributed by atoms with Crippen LogP contribution in [0.25, 0.3) is 11.3 Å². The molecule has 0 unspecified atom stereocenters. The highest BCUT2D eigenvalue weighted by atomic mass is 35.5. The largest absolute Gasteiger partial charge is 0.307 e. The molecule has 1 aromatic carbocycles. The number of hydrogen-bond acceptors (Lipinski definition) is 3. The van der Waals surface area contributed by atoms with E-state index in [1.807, 2.05) is 18.2 Å². The maximum atomic E-state index is 12.2. The zero-order valence-corrected chi connectivity index (χ0v) is 12.6. The van der Waals surface area contributed by atoms with Gasteiger partial charge in [-0.3, -0.25) is 14.5 Å². The number of hydrogen-bond donors (Lipinski definition) is 1. The molecule has 0 aliphatic heterocycles. The van der Waals surface area contributed by atoms with Crippen LogP contribution in [0.3, 0.4) is 0 Å². The molecule has 0 fully saturated rings. The van der Waals surface area contributed by atoms with Crippen molar-refractivity contribution >= 4 is 23.3 Å². The van der Waals surface area contributed by atoms with Crippen LogP contribution in [0.15, 0.2) is 54.9 Å². The van der Waals surface area contributed by atoms with Gasteiger partial charge in [-0.05, 0) is 30.3 Å². The van der Waals surface area contributed by atoms with Crippen LogP contribution >= 0.6 is 11.6 Å². The van der Waals surface area contributed by atoms with Gasteiger partial charge >= 0.3 is 0 Å². The van der Waals surface area contributed by atoms with Crippen molar-refractivity contribution in [1.82, 2.24) is 14.8 Å². The Hall–Kier alpha value is -2.66. The van der Waals surface area contributed by atoms with Crippen molar-refractivity contribution in [3.8, 4) is 11.3 Å². The van der Waals surface area contributed by atoms with Gasteiger partial charge in [0.25, 0.3) is 5.91 Å². The number of carbonyl (C=O) groups is 1. The number of anilines is 1. The zero-order chi connectivity index (χ0) is 15.5. The SMILES string of the molecule is Cn1nc(-c2ccncc2)cc1NC(=O)c1cccc(Cl)c1. The molecule has 2 heterocycles. The van der Waals surface area contributed by atoms with E-state index in [4.69, 9.17) is 11.6 Å². The molecule has 0 radical (unpaired) electrons. The fourth-order valence-corrected chi connectivity index (χ4v) is 2.26. The predicted molar refractivity (Wildman–Crippen MR) is 85.8 cm³/mol. The Morgan fingerprint density at radius 2 is 1.95 bits per heavy atom. The Kier molecular flexibility index (Phi) is 3.89. The van der Waals surface area contributed by atoms with Crippen molar-refractivity contribution < 1.29 is 4.79 Å². The molecule has 2 aromatic heterocycles. The minimum Gasteiger partial charge on any atom is -0.307 e. The van der Waals surface area contributed by atoms with Crippen LogP contribution in [0.4, 0.5) is 5.82 Å². The van der Waals surface area contributed by atoms with Gasteiger partial charge < -0.3 is 5.32 Å². The van der Waals surface area contributed by atoms with E-state index < -0.39 is 0 Å². The highest BCUT2D eigenvalue weighted by Gasteiger charge is 2.11. The molecule has 0 saturated carbocycles. The summed E-state index contributed by atoms with van der Waals surface area (Å²) in [6.45, 7) is 0. The summed E-state index contributed by atoms with van der Waals surface area (Å²) >= 11 is 5.90. The van der Waals surface area contributed by atoms with E-state index in [0.29, 0.717) is 16.4 Å². The molecule has 1 N–H and O–H groups in total. The van der Waals surface area contributed by atoms with Crippen LogP contribution in [0, 0.1) is 0 Å². The fourth-order valence-electron chi connectivity index (χ4n) is 2.07. The molecule has 1 amide bonds. The number of nitrogens with zero attached hydrogens (tertiary/aromatic N) is 3. The molecule has 0 atom stereocenters. The van der Waals surface area contributed by atoms with E-state index in [9.17, 15) is 4.79 Å². The minimum absolute atomic E-state index is 0.230. The molecule has 0 aliphatic rings. The number of benzene rings is 1. The lowest BCUT2D eigenvalue weighted by Gasteiger charge is -2.05. The first-order valence-electron chi connectivity index (χ1n) is 6.65. The van der Waals surface area contributed by atoms with Crippen molar-refractivity contribution in [2.24, 2.45) is 7.05 Å². The number of aromatic nitrogens is 3. The second-order valence-corrected chi connectivity index (χ2v) is 5.18. The third-order valence-electron chi connectivity index (χ3n) is 3.18. The van der Waals surface area contributed by atoms with Crippen molar-refractivity contribution in [3.63, 3.8) is 0 Å². The number of nitrogens with one attached hydrogen (secondary N) is 1. The molecule has 0 saturated heterocycles. The highest BCUT2D eigenvalue weighted by Crippen LogP contribution is 2.21. The molecule has 3 rings (SSSR count). The Bertz CT molecular complexity index is 814. The lowest BCUT2D eigenvalue weighted by atomic mass is 10.2. The van der Waals surface area contributed by atoms with Gasteiger partial charge in [0, 0.05) is 41.7 Å². The molecular formula is C16H13ClN4O. The quantitative estimate of drug-likeness (QED) is 0.806. The molecular weight excluding hydrogens is 300 g/mol.